The Kier molecular flexibility index (Phi) is 4.46. The van der Waals surface area contributed by atoms with Gasteiger partial charge in [-0.15, -0.1) is 16.4 Å². The Bertz CT molecular complexity index is 606. The van der Waals surface area contributed by atoms with Crippen molar-refractivity contribution in [1.29, 1.82) is 0 Å². The zero-order chi connectivity index (χ0) is 14.5. The van der Waals surface area contributed by atoms with Gasteiger partial charge in [-0.1, -0.05) is 11.3 Å². The van der Waals surface area contributed by atoms with Crippen LogP contribution in [0.4, 0.5) is 0 Å². The molecular weight excluding hydrogens is 280 g/mol. The average Bonchev–Trinajstić information content (AvgIpc) is 3.05. The summed E-state index contributed by atoms with van der Waals surface area (Å²) in [6.45, 7) is 2.26. The molecule has 0 atom stereocenters. The normalized spacial score (nSPS) is 10.4. The highest BCUT2D eigenvalue weighted by atomic mass is 32.1. The van der Waals surface area contributed by atoms with Gasteiger partial charge in [-0.25, -0.2) is 9.48 Å². The minimum atomic E-state index is -0.527. The fourth-order valence-electron chi connectivity index (χ4n) is 1.68. The van der Waals surface area contributed by atoms with E-state index in [1.807, 2.05) is 17.5 Å². The summed E-state index contributed by atoms with van der Waals surface area (Å²) in [4.78, 5) is 23.6. The molecule has 0 aromatic carbocycles. The third kappa shape index (κ3) is 3.02. The number of aryl methyl sites for hydroxylation is 1. The van der Waals surface area contributed by atoms with Gasteiger partial charge in [0.2, 0.25) is 5.91 Å². The number of carbonyl (C=O) groups excluding carboxylic acids is 2. The molecule has 0 aliphatic rings. The van der Waals surface area contributed by atoms with Crippen molar-refractivity contribution in [2.75, 3.05) is 6.61 Å². The van der Waals surface area contributed by atoms with Crippen molar-refractivity contribution < 1.29 is 14.3 Å². The number of hydrogen-bond acceptors (Lipinski definition) is 6. The zero-order valence-electron chi connectivity index (χ0n) is 10.9. The first kappa shape index (κ1) is 14.2. The molecular formula is C12H14N4O3S. The van der Waals surface area contributed by atoms with Crippen molar-refractivity contribution in [1.82, 2.24) is 15.0 Å². The van der Waals surface area contributed by atoms with Crippen LogP contribution in [-0.4, -0.2) is 33.5 Å². The van der Waals surface area contributed by atoms with E-state index in [4.69, 9.17) is 10.5 Å². The van der Waals surface area contributed by atoms with Crippen LogP contribution >= 0.6 is 11.3 Å². The van der Waals surface area contributed by atoms with Gasteiger partial charge in [-0.3, -0.25) is 4.79 Å². The van der Waals surface area contributed by atoms with E-state index in [-0.39, 0.29) is 25.3 Å². The standard InChI is InChI=1S/C12H14N4O3S/c1-2-19-12(18)10-11(8-4-3-7-20-8)16(15-14-10)6-5-9(13)17/h3-4,7H,2,5-6H2,1H3,(H2,13,17). The number of rotatable bonds is 6. The first-order chi connectivity index (χ1) is 9.63. The molecule has 1 amide bonds. The van der Waals surface area contributed by atoms with Gasteiger partial charge in [0.15, 0.2) is 5.69 Å². The Hall–Kier alpha value is -2.22. The molecule has 0 bridgehead atoms. The van der Waals surface area contributed by atoms with Crippen LogP contribution in [0.5, 0.6) is 0 Å². The van der Waals surface area contributed by atoms with Crippen LogP contribution in [0, 0.1) is 0 Å². The quantitative estimate of drug-likeness (QED) is 0.803. The third-order valence-electron chi connectivity index (χ3n) is 2.53. The third-order valence-corrected chi connectivity index (χ3v) is 3.41. The summed E-state index contributed by atoms with van der Waals surface area (Å²) in [6, 6.07) is 3.72. The summed E-state index contributed by atoms with van der Waals surface area (Å²) in [5.41, 5.74) is 5.84. The number of amides is 1. The first-order valence-corrected chi connectivity index (χ1v) is 6.94. The van der Waals surface area contributed by atoms with E-state index >= 15 is 0 Å². The van der Waals surface area contributed by atoms with Crippen molar-refractivity contribution in [2.24, 2.45) is 5.73 Å². The first-order valence-electron chi connectivity index (χ1n) is 6.06. The molecule has 8 heteroatoms. The van der Waals surface area contributed by atoms with Gasteiger partial charge in [-0.2, -0.15) is 0 Å². The highest BCUT2D eigenvalue weighted by Gasteiger charge is 2.22. The number of thiophene rings is 1. The van der Waals surface area contributed by atoms with Gasteiger partial charge in [-0.05, 0) is 18.4 Å². The van der Waals surface area contributed by atoms with E-state index in [1.165, 1.54) is 16.0 Å². The Morgan fingerprint density at radius 3 is 2.90 bits per heavy atom. The van der Waals surface area contributed by atoms with Crippen molar-refractivity contribution in [3.8, 4) is 10.6 Å². The number of carbonyl (C=O) groups is 2. The molecule has 106 valence electrons. The summed E-state index contributed by atoms with van der Waals surface area (Å²) < 4.78 is 6.47. The number of nitrogens with two attached hydrogens (primary N) is 1. The van der Waals surface area contributed by atoms with Crippen LogP contribution in [0.3, 0.4) is 0 Å². The lowest BCUT2D eigenvalue weighted by molar-refractivity contribution is -0.118. The summed E-state index contributed by atoms with van der Waals surface area (Å²) in [6.07, 6.45) is 0.129. The summed E-state index contributed by atoms with van der Waals surface area (Å²) in [5, 5.41) is 9.66. The molecule has 20 heavy (non-hydrogen) atoms. The van der Waals surface area contributed by atoms with E-state index in [0.29, 0.717) is 5.69 Å². The molecule has 2 rings (SSSR count). The Morgan fingerprint density at radius 2 is 2.30 bits per heavy atom. The van der Waals surface area contributed by atoms with Gasteiger partial charge >= 0.3 is 5.97 Å². The van der Waals surface area contributed by atoms with Crippen LogP contribution < -0.4 is 5.73 Å². The molecule has 0 unspecified atom stereocenters. The van der Waals surface area contributed by atoms with Crippen molar-refractivity contribution in [3.63, 3.8) is 0 Å². The molecule has 2 aromatic heterocycles. The Morgan fingerprint density at radius 1 is 1.50 bits per heavy atom. The highest BCUT2D eigenvalue weighted by Crippen LogP contribution is 2.27. The average molecular weight is 294 g/mol. The molecule has 0 saturated heterocycles. The lowest BCUT2D eigenvalue weighted by Gasteiger charge is -2.05. The molecule has 0 spiro atoms. The summed E-state index contributed by atoms with van der Waals surface area (Å²) in [5.74, 6) is -0.962. The van der Waals surface area contributed by atoms with E-state index in [1.54, 1.807) is 6.92 Å². The van der Waals surface area contributed by atoms with E-state index < -0.39 is 11.9 Å². The molecule has 0 aliphatic heterocycles. The lowest BCUT2D eigenvalue weighted by Crippen LogP contribution is -2.15. The molecule has 0 aliphatic carbocycles. The number of ether oxygens (including phenoxy) is 1. The van der Waals surface area contributed by atoms with Crippen LogP contribution in [0.15, 0.2) is 17.5 Å². The minimum Gasteiger partial charge on any atom is -0.461 e. The van der Waals surface area contributed by atoms with Gasteiger partial charge in [0.05, 0.1) is 18.0 Å². The second-order valence-electron chi connectivity index (χ2n) is 3.92. The van der Waals surface area contributed by atoms with Crippen LogP contribution in [0.2, 0.25) is 0 Å². The lowest BCUT2D eigenvalue weighted by atomic mass is 10.2. The van der Waals surface area contributed by atoms with Crippen LogP contribution in [-0.2, 0) is 16.1 Å². The summed E-state index contributed by atoms with van der Waals surface area (Å²) in [7, 11) is 0. The number of nitrogens with zero attached hydrogens (tertiary/aromatic N) is 3. The van der Waals surface area contributed by atoms with Crippen LogP contribution in [0.25, 0.3) is 10.6 Å². The van der Waals surface area contributed by atoms with E-state index in [2.05, 4.69) is 10.3 Å². The topological polar surface area (TPSA) is 100 Å². The molecule has 2 N–H and O–H groups in total. The van der Waals surface area contributed by atoms with E-state index in [0.717, 1.165) is 4.88 Å². The van der Waals surface area contributed by atoms with Crippen molar-refractivity contribution >= 4 is 23.2 Å². The van der Waals surface area contributed by atoms with E-state index in [9.17, 15) is 9.59 Å². The Balaban J connectivity index is 2.38. The van der Waals surface area contributed by atoms with Gasteiger partial charge < -0.3 is 10.5 Å². The predicted octanol–water partition coefficient (Wildman–Crippen LogP) is 1.06. The molecule has 0 fully saturated rings. The zero-order valence-corrected chi connectivity index (χ0v) is 11.7. The van der Waals surface area contributed by atoms with Gasteiger partial charge in [0.25, 0.3) is 0 Å². The largest absolute Gasteiger partial charge is 0.461 e. The SMILES string of the molecule is CCOC(=O)c1nnn(CCC(N)=O)c1-c1cccs1. The number of esters is 1. The monoisotopic (exact) mass is 294 g/mol. The fourth-order valence-corrected chi connectivity index (χ4v) is 2.45. The number of hydrogen-bond donors (Lipinski definition) is 1. The van der Waals surface area contributed by atoms with Crippen molar-refractivity contribution in [3.05, 3.63) is 23.2 Å². The maximum Gasteiger partial charge on any atom is 0.361 e. The van der Waals surface area contributed by atoms with Crippen molar-refractivity contribution in [2.45, 2.75) is 19.9 Å². The highest BCUT2D eigenvalue weighted by molar-refractivity contribution is 7.13. The second kappa shape index (κ2) is 6.29. The predicted molar refractivity (Wildman–Crippen MR) is 73.1 cm³/mol. The fraction of sp³-hybridized carbons (Fsp3) is 0.333. The molecule has 7 nitrogen and oxygen atoms in total. The minimum absolute atomic E-state index is 0.129. The maximum atomic E-state index is 11.9. The van der Waals surface area contributed by atoms with Gasteiger partial charge in [0, 0.05) is 6.42 Å². The number of primary amides is 1. The number of aromatic nitrogens is 3. The molecule has 0 saturated carbocycles. The Labute approximate surface area is 119 Å². The molecule has 0 radical (unpaired) electrons. The van der Waals surface area contributed by atoms with Crippen LogP contribution in [0.1, 0.15) is 23.8 Å². The molecule has 2 heterocycles. The maximum absolute atomic E-state index is 11.9. The summed E-state index contributed by atoms with van der Waals surface area (Å²) >= 11 is 1.45. The second-order valence-corrected chi connectivity index (χ2v) is 4.87. The van der Waals surface area contributed by atoms with Gasteiger partial charge in [0.1, 0.15) is 5.69 Å². The molecule has 2 aromatic rings. The smallest absolute Gasteiger partial charge is 0.361 e.